The van der Waals surface area contributed by atoms with Gasteiger partial charge < -0.3 is 19.5 Å². The van der Waals surface area contributed by atoms with Gasteiger partial charge in [-0.25, -0.2) is 4.98 Å². The molecule has 0 aliphatic rings. The number of hydrogen-bond donors (Lipinski definition) is 1. The molecule has 0 saturated carbocycles. The molecular weight excluding hydrogens is 340 g/mol. The van der Waals surface area contributed by atoms with Crippen molar-refractivity contribution in [3.05, 3.63) is 78.4 Å². The van der Waals surface area contributed by atoms with Gasteiger partial charge in [0.05, 0.1) is 13.7 Å². The zero-order valence-corrected chi connectivity index (χ0v) is 15.8. The quantitative estimate of drug-likeness (QED) is 0.700. The van der Waals surface area contributed by atoms with Crippen molar-refractivity contribution in [2.24, 2.45) is 7.05 Å². The molecule has 1 aromatic heterocycles. The molecule has 6 heteroatoms. The third-order valence-electron chi connectivity index (χ3n) is 4.43. The largest absolute Gasteiger partial charge is 0.497 e. The standard InChI is InChI=1S/C21H24N4O2/c1-24-13-12-22-21(24)20(16-8-7-11-18(14-16)27-3)23-19(26)15-25(2)17-9-5-4-6-10-17/h4-14,20H,15H2,1-3H3,(H,23,26). The second kappa shape index (κ2) is 8.40. The second-order valence-electron chi connectivity index (χ2n) is 6.37. The van der Waals surface area contributed by atoms with Crippen LogP contribution in [0.1, 0.15) is 17.4 Å². The SMILES string of the molecule is COc1cccc(C(NC(=O)CN(C)c2ccccc2)c2nccn2C)c1. The van der Waals surface area contributed by atoms with Crippen LogP contribution in [0.15, 0.2) is 67.0 Å². The Bertz CT molecular complexity index is 892. The molecule has 1 heterocycles. The number of anilines is 1. The maximum absolute atomic E-state index is 12.8. The number of carbonyl (C=O) groups is 1. The molecule has 0 saturated heterocycles. The van der Waals surface area contributed by atoms with Crippen molar-refractivity contribution in [2.75, 3.05) is 25.6 Å². The number of aryl methyl sites for hydroxylation is 1. The topological polar surface area (TPSA) is 59.4 Å². The number of likely N-dealkylation sites (N-methyl/N-ethyl adjacent to an activating group) is 1. The number of para-hydroxylation sites is 1. The minimum atomic E-state index is -0.364. The molecule has 3 aromatic rings. The van der Waals surface area contributed by atoms with Crippen molar-refractivity contribution in [1.82, 2.24) is 14.9 Å². The number of carbonyl (C=O) groups excluding carboxylic acids is 1. The van der Waals surface area contributed by atoms with E-state index in [1.54, 1.807) is 13.3 Å². The highest BCUT2D eigenvalue weighted by Gasteiger charge is 2.22. The molecule has 1 N–H and O–H groups in total. The summed E-state index contributed by atoms with van der Waals surface area (Å²) in [7, 11) is 5.44. The van der Waals surface area contributed by atoms with Gasteiger partial charge in [-0.2, -0.15) is 0 Å². The Labute approximate surface area is 159 Å². The molecule has 2 aromatic carbocycles. The van der Waals surface area contributed by atoms with Crippen LogP contribution in [0.3, 0.4) is 0 Å². The molecule has 1 amide bonds. The summed E-state index contributed by atoms with van der Waals surface area (Å²) in [6.45, 7) is 0.245. The molecule has 27 heavy (non-hydrogen) atoms. The Kier molecular flexibility index (Phi) is 5.76. The van der Waals surface area contributed by atoms with Crippen molar-refractivity contribution >= 4 is 11.6 Å². The van der Waals surface area contributed by atoms with E-state index in [1.807, 2.05) is 84.4 Å². The summed E-state index contributed by atoms with van der Waals surface area (Å²) in [5.41, 5.74) is 1.90. The van der Waals surface area contributed by atoms with Crippen molar-refractivity contribution in [3.63, 3.8) is 0 Å². The van der Waals surface area contributed by atoms with Gasteiger partial charge in [0, 0.05) is 32.2 Å². The highest BCUT2D eigenvalue weighted by molar-refractivity contribution is 5.82. The summed E-state index contributed by atoms with van der Waals surface area (Å²) < 4.78 is 7.24. The van der Waals surface area contributed by atoms with E-state index in [9.17, 15) is 4.79 Å². The number of rotatable bonds is 7. The summed E-state index contributed by atoms with van der Waals surface area (Å²) in [6.07, 6.45) is 3.59. The zero-order chi connectivity index (χ0) is 19.2. The van der Waals surface area contributed by atoms with Crippen LogP contribution in [-0.2, 0) is 11.8 Å². The van der Waals surface area contributed by atoms with E-state index in [0.717, 1.165) is 22.8 Å². The Morgan fingerprint density at radius 2 is 2.00 bits per heavy atom. The van der Waals surface area contributed by atoms with Gasteiger partial charge in [-0.3, -0.25) is 4.79 Å². The number of benzene rings is 2. The van der Waals surface area contributed by atoms with Crippen LogP contribution in [0.2, 0.25) is 0 Å². The first-order valence-electron chi connectivity index (χ1n) is 8.75. The first kappa shape index (κ1) is 18.5. The first-order valence-corrected chi connectivity index (χ1v) is 8.75. The molecule has 0 aliphatic heterocycles. The fourth-order valence-corrected chi connectivity index (χ4v) is 2.97. The van der Waals surface area contributed by atoms with Gasteiger partial charge in [-0.1, -0.05) is 30.3 Å². The second-order valence-corrected chi connectivity index (χ2v) is 6.37. The van der Waals surface area contributed by atoms with E-state index >= 15 is 0 Å². The summed E-state index contributed by atoms with van der Waals surface area (Å²) in [4.78, 5) is 19.1. The van der Waals surface area contributed by atoms with Crippen molar-refractivity contribution < 1.29 is 9.53 Å². The molecule has 6 nitrogen and oxygen atoms in total. The summed E-state index contributed by atoms with van der Waals surface area (Å²) in [5.74, 6) is 1.42. The van der Waals surface area contributed by atoms with Crippen LogP contribution >= 0.6 is 0 Å². The lowest BCUT2D eigenvalue weighted by molar-refractivity contribution is -0.120. The highest BCUT2D eigenvalue weighted by atomic mass is 16.5. The van der Waals surface area contributed by atoms with Gasteiger partial charge in [-0.15, -0.1) is 0 Å². The van der Waals surface area contributed by atoms with Gasteiger partial charge in [0.1, 0.15) is 17.6 Å². The Morgan fingerprint density at radius 1 is 1.22 bits per heavy atom. The van der Waals surface area contributed by atoms with Crippen molar-refractivity contribution in [3.8, 4) is 5.75 Å². The summed E-state index contributed by atoms with van der Waals surface area (Å²) in [6, 6.07) is 17.1. The number of aromatic nitrogens is 2. The molecule has 140 valence electrons. The van der Waals surface area contributed by atoms with Gasteiger partial charge in [0.25, 0.3) is 0 Å². The van der Waals surface area contributed by atoms with Crippen LogP contribution in [0.4, 0.5) is 5.69 Å². The summed E-state index contributed by atoms with van der Waals surface area (Å²) >= 11 is 0. The number of nitrogens with one attached hydrogen (secondary N) is 1. The number of methoxy groups -OCH3 is 1. The van der Waals surface area contributed by atoms with Gasteiger partial charge in [0.15, 0.2) is 0 Å². The lowest BCUT2D eigenvalue weighted by Gasteiger charge is -2.23. The normalized spacial score (nSPS) is 11.7. The fourth-order valence-electron chi connectivity index (χ4n) is 2.97. The zero-order valence-electron chi connectivity index (χ0n) is 15.8. The molecule has 1 unspecified atom stereocenters. The smallest absolute Gasteiger partial charge is 0.240 e. The molecule has 0 spiro atoms. The van der Waals surface area contributed by atoms with Crippen molar-refractivity contribution in [2.45, 2.75) is 6.04 Å². The molecule has 3 rings (SSSR count). The van der Waals surface area contributed by atoms with E-state index in [-0.39, 0.29) is 18.5 Å². The van der Waals surface area contributed by atoms with Crippen molar-refractivity contribution in [1.29, 1.82) is 0 Å². The van der Waals surface area contributed by atoms with E-state index in [4.69, 9.17) is 4.74 Å². The first-order chi connectivity index (χ1) is 13.1. The van der Waals surface area contributed by atoms with Gasteiger partial charge in [0.2, 0.25) is 5.91 Å². The maximum atomic E-state index is 12.8. The average molecular weight is 364 g/mol. The monoisotopic (exact) mass is 364 g/mol. The molecule has 1 atom stereocenters. The maximum Gasteiger partial charge on any atom is 0.240 e. The van der Waals surface area contributed by atoms with Gasteiger partial charge in [-0.05, 0) is 29.8 Å². The predicted octanol–water partition coefficient (Wildman–Crippen LogP) is 2.77. The molecule has 0 radical (unpaired) electrons. The fraction of sp³-hybridized carbons (Fsp3) is 0.238. The lowest BCUT2D eigenvalue weighted by Crippen LogP contribution is -2.38. The molecule has 0 aliphatic carbocycles. The van der Waals surface area contributed by atoms with Crippen LogP contribution in [0.25, 0.3) is 0 Å². The minimum absolute atomic E-state index is 0.0860. The minimum Gasteiger partial charge on any atom is -0.497 e. The highest BCUT2D eigenvalue weighted by Crippen LogP contribution is 2.24. The Morgan fingerprint density at radius 3 is 2.67 bits per heavy atom. The van der Waals surface area contributed by atoms with Gasteiger partial charge >= 0.3 is 0 Å². The van der Waals surface area contributed by atoms with E-state index < -0.39 is 0 Å². The van der Waals surface area contributed by atoms with Crippen LogP contribution in [0.5, 0.6) is 5.75 Å². The van der Waals surface area contributed by atoms with E-state index in [0.29, 0.717) is 0 Å². The Hall–Kier alpha value is -3.28. The number of amides is 1. The average Bonchev–Trinajstić information content (AvgIpc) is 3.12. The number of nitrogens with zero attached hydrogens (tertiary/aromatic N) is 3. The number of hydrogen-bond acceptors (Lipinski definition) is 4. The van der Waals surface area contributed by atoms with Crippen LogP contribution in [0, 0.1) is 0 Å². The number of imidazole rings is 1. The molecule has 0 fully saturated rings. The van der Waals surface area contributed by atoms with E-state index in [1.165, 1.54) is 0 Å². The third kappa shape index (κ3) is 4.47. The summed E-state index contributed by atoms with van der Waals surface area (Å²) in [5, 5.41) is 3.11. The third-order valence-corrected chi connectivity index (χ3v) is 4.43. The van der Waals surface area contributed by atoms with Crippen LogP contribution < -0.4 is 15.0 Å². The molecular formula is C21H24N4O2. The predicted molar refractivity (Wildman–Crippen MR) is 106 cm³/mol. The lowest BCUT2D eigenvalue weighted by atomic mass is 10.1. The number of ether oxygens (including phenoxy) is 1. The Balaban J connectivity index is 1.81. The van der Waals surface area contributed by atoms with Crippen LogP contribution in [-0.4, -0.2) is 36.2 Å². The van der Waals surface area contributed by atoms with E-state index in [2.05, 4.69) is 10.3 Å². The molecule has 0 bridgehead atoms.